The third kappa shape index (κ3) is 2.64. The molecule has 1 aromatic heterocycles. The van der Waals surface area contributed by atoms with Crippen LogP contribution in [0, 0.1) is 0 Å². The van der Waals surface area contributed by atoms with Gasteiger partial charge in [0.2, 0.25) is 0 Å². The van der Waals surface area contributed by atoms with E-state index < -0.39 is 5.97 Å². The van der Waals surface area contributed by atoms with Crippen LogP contribution in [0.3, 0.4) is 0 Å². The van der Waals surface area contributed by atoms with E-state index in [0.717, 1.165) is 16.9 Å². The Hall–Kier alpha value is -3.22. The average Bonchev–Trinajstić information content (AvgIpc) is 3.09. The standard InChI is InChI=1S/C15H12N4O3/c1-22-13-4-2-9(3-5-13)10-6-11(14-16-18-19-17-14)8-12(7-10)15(20)21/h2-8H,1H3,(H,20,21)(H,16,17,18,19). The molecule has 0 aliphatic heterocycles. The Labute approximate surface area is 125 Å². The molecule has 0 saturated heterocycles. The Bertz CT molecular complexity index is 798. The zero-order valence-electron chi connectivity index (χ0n) is 11.6. The molecule has 0 saturated carbocycles. The molecule has 1 heterocycles. The second-order valence-corrected chi connectivity index (χ2v) is 4.58. The van der Waals surface area contributed by atoms with Gasteiger partial charge in [0.05, 0.1) is 12.7 Å². The summed E-state index contributed by atoms with van der Waals surface area (Å²) in [5.41, 5.74) is 2.40. The maximum Gasteiger partial charge on any atom is 0.335 e. The fourth-order valence-corrected chi connectivity index (χ4v) is 2.12. The molecule has 3 aromatic rings. The van der Waals surface area contributed by atoms with Crippen molar-refractivity contribution in [1.82, 2.24) is 20.6 Å². The largest absolute Gasteiger partial charge is 0.497 e. The number of H-pyrrole nitrogens is 1. The van der Waals surface area contributed by atoms with Crippen molar-refractivity contribution >= 4 is 5.97 Å². The first kappa shape index (κ1) is 13.7. The van der Waals surface area contributed by atoms with Crippen molar-refractivity contribution in [2.45, 2.75) is 0 Å². The number of benzene rings is 2. The van der Waals surface area contributed by atoms with Crippen molar-refractivity contribution < 1.29 is 14.6 Å². The number of carbonyl (C=O) groups is 1. The number of carboxylic acids is 1. The number of aromatic nitrogens is 4. The smallest absolute Gasteiger partial charge is 0.335 e. The van der Waals surface area contributed by atoms with Gasteiger partial charge in [-0.2, -0.15) is 0 Å². The molecule has 0 bridgehead atoms. The summed E-state index contributed by atoms with van der Waals surface area (Å²) in [4.78, 5) is 11.3. The van der Waals surface area contributed by atoms with Gasteiger partial charge in [-0.25, -0.2) is 9.89 Å². The first-order valence-corrected chi connectivity index (χ1v) is 6.44. The highest BCUT2D eigenvalue weighted by molar-refractivity contribution is 5.91. The van der Waals surface area contributed by atoms with Gasteiger partial charge in [-0.15, -0.1) is 5.10 Å². The lowest BCUT2D eigenvalue weighted by molar-refractivity contribution is 0.0697. The second-order valence-electron chi connectivity index (χ2n) is 4.58. The van der Waals surface area contributed by atoms with Gasteiger partial charge in [0, 0.05) is 5.56 Å². The Kier molecular flexibility index (Phi) is 3.53. The van der Waals surface area contributed by atoms with Crippen LogP contribution in [0.5, 0.6) is 5.75 Å². The summed E-state index contributed by atoms with van der Waals surface area (Å²) in [5, 5.41) is 22.8. The zero-order chi connectivity index (χ0) is 15.5. The van der Waals surface area contributed by atoms with E-state index in [0.29, 0.717) is 11.4 Å². The molecule has 0 aliphatic rings. The number of hydrogen-bond acceptors (Lipinski definition) is 5. The first-order chi connectivity index (χ1) is 10.7. The number of aromatic amines is 1. The van der Waals surface area contributed by atoms with Crippen LogP contribution in [0.15, 0.2) is 42.5 Å². The number of carboxylic acid groups (broad SMARTS) is 1. The Morgan fingerprint density at radius 3 is 2.41 bits per heavy atom. The molecular formula is C15H12N4O3. The van der Waals surface area contributed by atoms with Crippen LogP contribution in [0.1, 0.15) is 10.4 Å². The molecule has 0 aliphatic carbocycles. The highest BCUT2D eigenvalue weighted by atomic mass is 16.5. The highest BCUT2D eigenvalue weighted by Crippen LogP contribution is 2.27. The van der Waals surface area contributed by atoms with Gasteiger partial charge in [0.25, 0.3) is 0 Å². The van der Waals surface area contributed by atoms with Crippen molar-refractivity contribution in [2.75, 3.05) is 7.11 Å². The summed E-state index contributed by atoms with van der Waals surface area (Å²) in [6.45, 7) is 0. The fraction of sp³-hybridized carbons (Fsp3) is 0.0667. The quantitative estimate of drug-likeness (QED) is 0.765. The molecule has 0 unspecified atom stereocenters. The molecule has 2 N–H and O–H groups in total. The van der Waals surface area contributed by atoms with Crippen LogP contribution in [0.2, 0.25) is 0 Å². The van der Waals surface area contributed by atoms with Crippen molar-refractivity contribution in [3.63, 3.8) is 0 Å². The summed E-state index contributed by atoms with van der Waals surface area (Å²) in [6, 6.07) is 12.3. The van der Waals surface area contributed by atoms with Crippen LogP contribution in [0.4, 0.5) is 0 Å². The van der Waals surface area contributed by atoms with Gasteiger partial charge in [-0.05, 0) is 51.9 Å². The van der Waals surface area contributed by atoms with Gasteiger partial charge >= 0.3 is 5.97 Å². The van der Waals surface area contributed by atoms with E-state index in [1.54, 1.807) is 13.2 Å². The molecule has 0 spiro atoms. The number of ether oxygens (including phenoxy) is 1. The third-order valence-electron chi connectivity index (χ3n) is 3.22. The van der Waals surface area contributed by atoms with E-state index >= 15 is 0 Å². The van der Waals surface area contributed by atoms with Gasteiger partial charge in [0.15, 0.2) is 5.82 Å². The number of hydrogen-bond donors (Lipinski definition) is 2. The minimum absolute atomic E-state index is 0.166. The van der Waals surface area contributed by atoms with Crippen molar-refractivity contribution in [3.05, 3.63) is 48.0 Å². The fourth-order valence-electron chi connectivity index (χ4n) is 2.12. The monoisotopic (exact) mass is 296 g/mol. The number of aromatic carboxylic acids is 1. The summed E-state index contributed by atoms with van der Waals surface area (Å²) in [7, 11) is 1.59. The highest BCUT2D eigenvalue weighted by Gasteiger charge is 2.11. The molecular weight excluding hydrogens is 284 g/mol. The van der Waals surface area contributed by atoms with E-state index in [1.807, 2.05) is 30.3 Å². The van der Waals surface area contributed by atoms with E-state index in [1.165, 1.54) is 6.07 Å². The van der Waals surface area contributed by atoms with E-state index in [-0.39, 0.29) is 5.56 Å². The molecule has 110 valence electrons. The van der Waals surface area contributed by atoms with Gasteiger partial charge in [-0.3, -0.25) is 0 Å². The Balaban J connectivity index is 2.11. The summed E-state index contributed by atoms with van der Waals surface area (Å²) < 4.78 is 5.12. The van der Waals surface area contributed by atoms with Gasteiger partial charge < -0.3 is 9.84 Å². The maximum absolute atomic E-state index is 11.3. The number of rotatable bonds is 4. The molecule has 0 radical (unpaired) electrons. The Morgan fingerprint density at radius 1 is 1.09 bits per heavy atom. The number of nitrogens with one attached hydrogen (secondary N) is 1. The molecule has 22 heavy (non-hydrogen) atoms. The third-order valence-corrected chi connectivity index (χ3v) is 3.22. The SMILES string of the molecule is COc1ccc(-c2cc(C(=O)O)cc(-c3nnn[nH]3)c2)cc1. The van der Waals surface area contributed by atoms with E-state index in [9.17, 15) is 9.90 Å². The molecule has 3 rings (SSSR count). The normalized spacial score (nSPS) is 10.4. The first-order valence-electron chi connectivity index (χ1n) is 6.44. The van der Waals surface area contributed by atoms with Crippen molar-refractivity contribution in [1.29, 1.82) is 0 Å². The average molecular weight is 296 g/mol. The summed E-state index contributed by atoms with van der Waals surface area (Å²) in [6.07, 6.45) is 0. The summed E-state index contributed by atoms with van der Waals surface area (Å²) >= 11 is 0. The maximum atomic E-state index is 11.3. The Morgan fingerprint density at radius 2 is 1.82 bits per heavy atom. The lowest BCUT2D eigenvalue weighted by Crippen LogP contribution is -1.98. The minimum atomic E-state index is -1.01. The predicted molar refractivity (Wildman–Crippen MR) is 78.6 cm³/mol. The molecule has 7 nitrogen and oxygen atoms in total. The van der Waals surface area contributed by atoms with Gasteiger partial charge in [-0.1, -0.05) is 12.1 Å². The van der Waals surface area contributed by atoms with Crippen LogP contribution >= 0.6 is 0 Å². The minimum Gasteiger partial charge on any atom is -0.497 e. The second kappa shape index (κ2) is 5.65. The van der Waals surface area contributed by atoms with Crippen LogP contribution in [0.25, 0.3) is 22.5 Å². The molecule has 0 atom stereocenters. The number of methoxy groups -OCH3 is 1. The number of nitrogens with zero attached hydrogens (tertiary/aromatic N) is 3. The molecule has 0 amide bonds. The van der Waals surface area contributed by atoms with Crippen LogP contribution in [-0.4, -0.2) is 38.8 Å². The predicted octanol–water partition coefficient (Wildman–Crippen LogP) is 2.24. The zero-order valence-corrected chi connectivity index (χ0v) is 11.6. The van der Waals surface area contributed by atoms with Crippen LogP contribution in [-0.2, 0) is 0 Å². The topological polar surface area (TPSA) is 101 Å². The van der Waals surface area contributed by atoms with Crippen molar-refractivity contribution in [2.24, 2.45) is 0 Å². The summed E-state index contributed by atoms with van der Waals surface area (Å²) in [5.74, 6) is 0.139. The van der Waals surface area contributed by atoms with E-state index in [2.05, 4.69) is 20.6 Å². The molecule has 7 heteroatoms. The molecule has 2 aromatic carbocycles. The number of tetrazole rings is 1. The lowest BCUT2D eigenvalue weighted by atomic mass is 9.99. The van der Waals surface area contributed by atoms with Crippen LogP contribution < -0.4 is 4.74 Å². The van der Waals surface area contributed by atoms with Crippen molar-refractivity contribution in [3.8, 4) is 28.3 Å². The molecule has 0 fully saturated rings. The lowest BCUT2D eigenvalue weighted by Gasteiger charge is -2.07. The van der Waals surface area contributed by atoms with E-state index in [4.69, 9.17) is 4.74 Å². The van der Waals surface area contributed by atoms with Gasteiger partial charge in [0.1, 0.15) is 5.75 Å².